The van der Waals surface area contributed by atoms with Crippen molar-refractivity contribution in [3.05, 3.63) is 41.2 Å². The third-order valence-electron chi connectivity index (χ3n) is 3.93. The lowest BCUT2D eigenvalue weighted by atomic mass is 10.1. The maximum atomic E-state index is 4.54. The first kappa shape index (κ1) is 16.3. The second-order valence-corrected chi connectivity index (χ2v) is 5.81. The molecule has 0 radical (unpaired) electrons. The SMILES string of the molecule is CCCCN(C)c1cc(Nc2cccc(C)c2C)nc(C)n1. The van der Waals surface area contributed by atoms with Crippen molar-refractivity contribution in [2.45, 2.75) is 40.5 Å². The summed E-state index contributed by atoms with van der Waals surface area (Å²) >= 11 is 0. The van der Waals surface area contributed by atoms with E-state index in [2.05, 4.69) is 66.2 Å². The molecule has 4 nitrogen and oxygen atoms in total. The maximum Gasteiger partial charge on any atom is 0.136 e. The van der Waals surface area contributed by atoms with Gasteiger partial charge in [-0.1, -0.05) is 25.5 Å². The molecular weight excluding hydrogens is 272 g/mol. The number of anilines is 3. The fourth-order valence-electron chi connectivity index (χ4n) is 2.35. The van der Waals surface area contributed by atoms with Crippen LogP contribution in [0.5, 0.6) is 0 Å². The molecule has 2 rings (SSSR count). The molecule has 1 heterocycles. The van der Waals surface area contributed by atoms with Crippen molar-refractivity contribution < 1.29 is 0 Å². The van der Waals surface area contributed by atoms with Crippen molar-refractivity contribution in [1.82, 2.24) is 9.97 Å². The number of hydrogen-bond donors (Lipinski definition) is 1. The van der Waals surface area contributed by atoms with Gasteiger partial charge in [-0.25, -0.2) is 9.97 Å². The molecule has 0 atom stereocenters. The highest BCUT2D eigenvalue weighted by atomic mass is 15.2. The molecule has 0 aliphatic rings. The van der Waals surface area contributed by atoms with E-state index in [0.717, 1.165) is 29.7 Å². The molecule has 2 aromatic rings. The van der Waals surface area contributed by atoms with Gasteiger partial charge in [-0.2, -0.15) is 0 Å². The summed E-state index contributed by atoms with van der Waals surface area (Å²) in [5.74, 6) is 2.60. The Kier molecular flexibility index (Phi) is 5.36. The number of nitrogens with zero attached hydrogens (tertiary/aromatic N) is 3. The fourth-order valence-corrected chi connectivity index (χ4v) is 2.35. The summed E-state index contributed by atoms with van der Waals surface area (Å²) in [6.07, 6.45) is 2.35. The third-order valence-corrected chi connectivity index (χ3v) is 3.93. The Labute approximate surface area is 133 Å². The van der Waals surface area contributed by atoms with Gasteiger partial charge in [-0.3, -0.25) is 0 Å². The first-order valence-electron chi connectivity index (χ1n) is 7.91. The van der Waals surface area contributed by atoms with Gasteiger partial charge < -0.3 is 10.2 Å². The van der Waals surface area contributed by atoms with Crippen LogP contribution in [0.2, 0.25) is 0 Å². The van der Waals surface area contributed by atoms with Gasteiger partial charge in [-0.15, -0.1) is 0 Å². The molecule has 22 heavy (non-hydrogen) atoms. The zero-order chi connectivity index (χ0) is 16.1. The third kappa shape index (κ3) is 3.97. The normalized spacial score (nSPS) is 10.6. The highest BCUT2D eigenvalue weighted by Crippen LogP contribution is 2.23. The highest BCUT2D eigenvalue weighted by Gasteiger charge is 2.08. The van der Waals surface area contributed by atoms with Gasteiger partial charge in [0.2, 0.25) is 0 Å². The van der Waals surface area contributed by atoms with Crippen molar-refractivity contribution in [1.29, 1.82) is 0 Å². The molecule has 0 aliphatic carbocycles. The number of hydrogen-bond acceptors (Lipinski definition) is 4. The second kappa shape index (κ2) is 7.25. The van der Waals surface area contributed by atoms with Gasteiger partial charge in [0.15, 0.2) is 0 Å². The Bertz CT molecular complexity index is 637. The summed E-state index contributed by atoms with van der Waals surface area (Å²) in [6, 6.07) is 8.29. The molecule has 0 amide bonds. The maximum absolute atomic E-state index is 4.54. The quantitative estimate of drug-likeness (QED) is 0.859. The van der Waals surface area contributed by atoms with Crippen molar-refractivity contribution in [3.8, 4) is 0 Å². The molecule has 0 unspecified atom stereocenters. The van der Waals surface area contributed by atoms with E-state index < -0.39 is 0 Å². The Morgan fingerprint density at radius 1 is 1.14 bits per heavy atom. The van der Waals surface area contributed by atoms with Crippen LogP contribution < -0.4 is 10.2 Å². The van der Waals surface area contributed by atoms with E-state index in [1.807, 2.05) is 13.0 Å². The molecule has 1 aromatic heterocycles. The number of aromatic nitrogens is 2. The summed E-state index contributed by atoms with van der Waals surface area (Å²) in [7, 11) is 2.08. The van der Waals surface area contributed by atoms with Crippen LogP contribution in [0.15, 0.2) is 24.3 Å². The topological polar surface area (TPSA) is 41.0 Å². The average Bonchev–Trinajstić information content (AvgIpc) is 2.49. The number of aryl methyl sites for hydroxylation is 2. The molecule has 0 fully saturated rings. The van der Waals surface area contributed by atoms with Crippen LogP contribution in [0, 0.1) is 20.8 Å². The predicted molar refractivity (Wildman–Crippen MR) is 94.1 cm³/mol. The highest BCUT2D eigenvalue weighted by molar-refractivity contribution is 5.64. The molecule has 0 saturated heterocycles. The van der Waals surface area contributed by atoms with Crippen LogP contribution in [0.1, 0.15) is 36.7 Å². The van der Waals surface area contributed by atoms with Gasteiger partial charge in [0, 0.05) is 25.3 Å². The summed E-state index contributed by atoms with van der Waals surface area (Å²) in [5.41, 5.74) is 3.62. The van der Waals surface area contributed by atoms with Crippen LogP contribution in [-0.4, -0.2) is 23.6 Å². The van der Waals surface area contributed by atoms with Gasteiger partial charge >= 0.3 is 0 Å². The first-order chi connectivity index (χ1) is 10.5. The lowest BCUT2D eigenvalue weighted by molar-refractivity contribution is 0.756. The number of nitrogens with one attached hydrogen (secondary N) is 1. The smallest absolute Gasteiger partial charge is 0.136 e. The molecule has 118 valence electrons. The fraction of sp³-hybridized carbons (Fsp3) is 0.444. The second-order valence-electron chi connectivity index (χ2n) is 5.81. The van der Waals surface area contributed by atoms with E-state index in [1.54, 1.807) is 0 Å². The lowest BCUT2D eigenvalue weighted by Gasteiger charge is -2.19. The standard InChI is InChI=1S/C18H26N4/c1-6-7-11-22(5)18-12-17(19-15(4)20-18)21-16-10-8-9-13(2)14(16)3/h8-10,12H,6-7,11H2,1-5H3,(H,19,20,21). The van der Waals surface area contributed by atoms with Crippen LogP contribution >= 0.6 is 0 Å². The molecule has 0 bridgehead atoms. The average molecular weight is 298 g/mol. The van der Waals surface area contributed by atoms with Crippen molar-refractivity contribution in [2.75, 3.05) is 23.8 Å². The molecular formula is C18H26N4. The van der Waals surface area contributed by atoms with E-state index in [4.69, 9.17) is 0 Å². The van der Waals surface area contributed by atoms with Gasteiger partial charge in [0.1, 0.15) is 17.5 Å². The predicted octanol–water partition coefficient (Wildman–Crippen LogP) is 4.38. The van der Waals surface area contributed by atoms with E-state index >= 15 is 0 Å². The Balaban J connectivity index is 2.24. The monoisotopic (exact) mass is 298 g/mol. The summed E-state index contributed by atoms with van der Waals surface area (Å²) in [4.78, 5) is 11.2. The molecule has 1 aromatic carbocycles. The number of unbranched alkanes of at least 4 members (excludes halogenated alkanes) is 1. The first-order valence-corrected chi connectivity index (χ1v) is 7.91. The lowest BCUT2D eigenvalue weighted by Crippen LogP contribution is -2.20. The summed E-state index contributed by atoms with van der Waals surface area (Å²) < 4.78 is 0. The Hall–Kier alpha value is -2.10. The van der Waals surface area contributed by atoms with Crippen LogP contribution in [-0.2, 0) is 0 Å². The van der Waals surface area contributed by atoms with Gasteiger partial charge in [0.25, 0.3) is 0 Å². The van der Waals surface area contributed by atoms with Crippen LogP contribution in [0.3, 0.4) is 0 Å². The molecule has 0 aliphatic heterocycles. The summed E-state index contributed by atoms with van der Waals surface area (Å²) in [5, 5.41) is 3.43. The van der Waals surface area contributed by atoms with E-state index in [9.17, 15) is 0 Å². The molecule has 0 spiro atoms. The Morgan fingerprint density at radius 2 is 1.91 bits per heavy atom. The minimum absolute atomic E-state index is 0.786. The van der Waals surface area contributed by atoms with E-state index in [-0.39, 0.29) is 0 Å². The summed E-state index contributed by atoms with van der Waals surface area (Å²) in [6.45, 7) is 9.39. The zero-order valence-corrected chi connectivity index (χ0v) is 14.3. The molecule has 4 heteroatoms. The Morgan fingerprint density at radius 3 is 2.64 bits per heavy atom. The number of benzene rings is 1. The van der Waals surface area contributed by atoms with Crippen molar-refractivity contribution in [2.24, 2.45) is 0 Å². The van der Waals surface area contributed by atoms with E-state index in [0.29, 0.717) is 0 Å². The number of rotatable bonds is 6. The van der Waals surface area contributed by atoms with Gasteiger partial charge in [0.05, 0.1) is 0 Å². The van der Waals surface area contributed by atoms with Crippen LogP contribution in [0.4, 0.5) is 17.3 Å². The zero-order valence-electron chi connectivity index (χ0n) is 14.3. The molecule has 1 N–H and O–H groups in total. The van der Waals surface area contributed by atoms with Crippen molar-refractivity contribution >= 4 is 17.3 Å². The van der Waals surface area contributed by atoms with Gasteiger partial charge in [-0.05, 0) is 44.4 Å². The van der Waals surface area contributed by atoms with E-state index in [1.165, 1.54) is 24.0 Å². The molecule has 0 saturated carbocycles. The minimum Gasteiger partial charge on any atom is -0.360 e. The van der Waals surface area contributed by atoms with Crippen molar-refractivity contribution in [3.63, 3.8) is 0 Å². The largest absolute Gasteiger partial charge is 0.360 e. The van der Waals surface area contributed by atoms with Crippen LogP contribution in [0.25, 0.3) is 0 Å². The minimum atomic E-state index is 0.786.